The molecule has 0 radical (unpaired) electrons. The van der Waals surface area contributed by atoms with E-state index in [1.54, 1.807) is 0 Å². The topological polar surface area (TPSA) is 17.8 Å². The molecule has 3 heterocycles. The van der Waals surface area contributed by atoms with Crippen LogP contribution in [-0.2, 0) is 51.8 Å². The van der Waals surface area contributed by atoms with E-state index in [-0.39, 0.29) is 44.8 Å². The zero-order chi connectivity index (χ0) is 48.4. The number of fused-ring (bicyclic) bond motifs is 7. The van der Waals surface area contributed by atoms with Crippen LogP contribution < -0.4 is 52.6 Å². The summed E-state index contributed by atoms with van der Waals surface area (Å²) in [6, 6.07) is 79.0. The molecule has 0 saturated carbocycles. The van der Waals surface area contributed by atoms with Gasteiger partial charge in [0, 0.05) is 19.2 Å². The van der Waals surface area contributed by atoms with Crippen molar-refractivity contribution in [1.82, 2.24) is 9.55 Å². The summed E-state index contributed by atoms with van der Waals surface area (Å²) in [5.41, 5.74) is 9.51. The van der Waals surface area contributed by atoms with Gasteiger partial charge in [-0.25, -0.2) is 4.98 Å². The second kappa shape index (κ2) is 22.6. The summed E-state index contributed by atoms with van der Waals surface area (Å²) in [5.74, 6) is 4.99. The van der Waals surface area contributed by atoms with Gasteiger partial charge in [0.25, 0.3) is 0 Å². The molecule has 0 bridgehead atoms. The van der Waals surface area contributed by atoms with E-state index in [2.05, 4.69) is 256 Å². The van der Waals surface area contributed by atoms with Crippen molar-refractivity contribution < 1.29 is 44.8 Å². The van der Waals surface area contributed by atoms with Crippen LogP contribution in [0.25, 0.3) is 33.3 Å². The van der Waals surface area contributed by atoms with Gasteiger partial charge in [-0.2, -0.15) is 0 Å². The van der Waals surface area contributed by atoms with Crippen LogP contribution in [-0.4, -0.2) is 25.7 Å². The third-order valence-electron chi connectivity index (χ3n) is 14.1. The molecule has 12 rings (SSSR count). The molecule has 0 saturated heterocycles. The third-order valence-corrected chi connectivity index (χ3v) is 27.0. The molecule has 0 fully saturated rings. The van der Waals surface area contributed by atoms with Crippen LogP contribution in [0.3, 0.4) is 0 Å². The van der Waals surface area contributed by atoms with E-state index in [9.17, 15) is 0 Å². The number of aryl methyl sites for hydroxylation is 1. The zero-order valence-corrected chi connectivity index (χ0v) is 49.2. The van der Waals surface area contributed by atoms with E-state index < -0.39 is 32.0 Å². The summed E-state index contributed by atoms with van der Waals surface area (Å²) in [7, 11) is -3.55. The van der Waals surface area contributed by atoms with Gasteiger partial charge in [0.2, 0.25) is 0 Å². The fourth-order valence-corrected chi connectivity index (χ4v) is 22.7. The van der Waals surface area contributed by atoms with Crippen molar-refractivity contribution in [3.63, 3.8) is 0 Å². The Bertz CT molecular complexity index is 3410. The number of rotatable bonds is 6. The minimum atomic E-state index is -1.55. The largest absolute Gasteiger partial charge is 1.00 e. The molecule has 0 spiro atoms. The normalized spacial score (nSPS) is 12.7. The van der Waals surface area contributed by atoms with Gasteiger partial charge in [-0.05, 0) is 81.2 Å². The van der Waals surface area contributed by atoms with Crippen LogP contribution in [0.2, 0.25) is 26.2 Å². The quantitative estimate of drug-likeness (QED) is 0.0703. The number of nitrogens with zero attached hydrogens (tertiary/aromatic N) is 2. The first-order chi connectivity index (χ1) is 34.1. The van der Waals surface area contributed by atoms with Crippen molar-refractivity contribution in [3.05, 3.63) is 249 Å². The molecule has 358 valence electrons. The van der Waals surface area contributed by atoms with Crippen molar-refractivity contribution in [2.75, 3.05) is 0 Å². The second-order valence-corrected chi connectivity index (χ2v) is 32.6. The van der Waals surface area contributed by atoms with E-state index in [4.69, 9.17) is 17.8 Å². The Morgan fingerprint density at radius 3 is 1.11 bits per heavy atom. The van der Waals surface area contributed by atoms with E-state index in [0.29, 0.717) is 0 Å². The van der Waals surface area contributed by atoms with Crippen molar-refractivity contribution in [3.8, 4) is 34.1 Å². The predicted octanol–water partition coefficient (Wildman–Crippen LogP) is 9.40. The Morgan fingerprint density at radius 2 is 0.736 bits per heavy atom. The molecule has 0 aliphatic carbocycles. The molecule has 9 aromatic carbocycles. The van der Waals surface area contributed by atoms with Crippen molar-refractivity contribution in [1.29, 1.82) is 0 Å². The standard InChI is InChI=1S/C32H26N2P2.2C16H13Si.2Au/c1-34-24-33-29-22-31(35(25-14-6-2-7-15-25)26-16-8-3-9-17-26)32(23-30(29)34)36(27-18-10-4-11-19-27)28-20-12-5-13-21-28;2*1-4-12-9-10-14-13-7-5-6-8-15(13)17(2,3)16(14)11-12;;/h2-24H,1H3;2*5-11H,2-3H3;;/q;2*-1;2*+1/p+2. The van der Waals surface area contributed by atoms with Crippen LogP contribution in [0, 0.1) is 24.7 Å². The minimum absolute atomic E-state index is 0. The van der Waals surface area contributed by atoms with Gasteiger partial charge in [0.15, 0.2) is 0 Å². The molecule has 2 aliphatic rings. The summed E-state index contributed by atoms with van der Waals surface area (Å²) in [6.07, 6.45) is 16.5. The van der Waals surface area contributed by atoms with Gasteiger partial charge >= 0.3 is 44.8 Å². The van der Waals surface area contributed by atoms with Gasteiger partial charge in [-0.3, -0.25) is 11.8 Å². The first-order valence-electron chi connectivity index (χ1n) is 23.8. The molecular formula is C64H54Au2N2P2Si2+2. The average molecular weight is 1360 g/mol. The van der Waals surface area contributed by atoms with Gasteiger partial charge in [0.1, 0.15) is 63.8 Å². The maximum atomic E-state index is 7.26. The summed E-state index contributed by atoms with van der Waals surface area (Å²) in [6.45, 7) is 9.52. The molecule has 0 N–H and O–H groups in total. The third kappa shape index (κ3) is 10.2. The first-order valence-corrected chi connectivity index (χ1v) is 32.8. The molecule has 2 aliphatic heterocycles. The molecule has 0 atom stereocenters. The van der Waals surface area contributed by atoms with Crippen molar-refractivity contribution in [2.45, 2.75) is 26.2 Å². The SMILES string of the molecule is Cn1cnc2cc([PH+](c3ccccc3)c3ccccc3)c([PH+](c3ccccc3)c3ccccc3)cc21.[Au+].[Au+].[C-]#Cc1ccc2c(c1)[Si](C)(C)c1ccccc1-2.[C-]#Cc1ccc2c(c1)[Si](C)(C)c1ccccc1-2. The smallest absolute Gasteiger partial charge is 0.366 e. The van der Waals surface area contributed by atoms with Crippen LogP contribution in [0.4, 0.5) is 0 Å². The van der Waals surface area contributed by atoms with Crippen molar-refractivity contribution >= 4 is 95.6 Å². The number of benzene rings is 9. The molecule has 8 heteroatoms. The molecule has 1 aromatic heterocycles. The van der Waals surface area contributed by atoms with Gasteiger partial charge < -0.3 is 17.4 Å². The Morgan fingerprint density at radius 1 is 0.403 bits per heavy atom. The average Bonchev–Trinajstić information content (AvgIpc) is 3.97. The zero-order valence-electron chi connectivity index (χ0n) is 40.9. The molecular weight excluding hydrogens is 1310 g/mol. The Hall–Kier alpha value is -5.66. The van der Waals surface area contributed by atoms with Gasteiger partial charge in [-0.1, -0.05) is 170 Å². The summed E-state index contributed by atoms with van der Waals surface area (Å²) in [5, 5.41) is 14.4. The van der Waals surface area contributed by atoms with E-state index in [0.717, 1.165) is 16.6 Å². The predicted molar refractivity (Wildman–Crippen MR) is 311 cm³/mol. The molecule has 2 nitrogen and oxygen atoms in total. The fourth-order valence-electron chi connectivity index (χ4n) is 10.5. The number of aromatic nitrogens is 2. The van der Waals surface area contributed by atoms with Crippen LogP contribution in [0.1, 0.15) is 11.1 Å². The van der Waals surface area contributed by atoms with E-state index in [1.807, 2.05) is 18.5 Å². The minimum Gasteiger partial charge on any atom is -0.366 e. The summed E-state index contributed by atoms with van der Waals surface area (Å²) < 4.78 is 2.15. The first kappa shape index (κ1) is 52.7. The second-order valence-electron chi connectivity index (χ2n) is 19.1. The van der Waals surface area contributed by atoms with E-state index >= 15 is 0 Å². The Kier molecular flexibility index (Phi) is 16.5. The summed E-state index contributed by atoms with van der Waals surface area (Å²) in [4.78, 5) is 4.79. The van der Waals surface area contributed by atoms with Gasteiger partial charge in [-0.15, -0.1) is 35.4 Å². The van der Waals surface area contributed by atoms with Crippen molar-refractivity contribution in [2.24, 2.45) is 7.05 Å². The molecule has 0 amide bonds. The molecule has 0 unspecified atom stereocenters. The maximum Gasteiger partial charge on any atom is 1.00 e. The number of imidazole rings is 1. The number of hydrogen-bond acceptors (Lipinski definition) is 1. The van der Waals surface area contributed by atoms with Crippen LogP contribution >= 0.6 is 15.8 Å². The maximum absolute atomic E-state index is 7.26. The Labute approximate surface area is 462 Å². The molecule has 72 heavy (non-hydrogen) atoms. The number of hydrogen-bond donors (Lipinski definition) is 0. The summed E-state index contributed by atoms with van der Waals surface area (Å²) >= 11 is 0. The van der Waals surface area contributed by atoms with Crippen LogP contribution in [0.5, 0.6) is 0 Å². The van der Waals surface area contributed by atoms with E-state index in [1.165, 1.54) is 80.3 Å². The fraction of sp³-hybridized carbons (Fsp3) is 0.0781. The molecule has 10 aromatic rings. The van der Waals surface area contributed by atoms with Crippen LogP contribution in [0.15, 0.2) is 225 Å². The van der Waals surface area contributed by atoms with Gasteiger partial charge in [0.05, 0.1) is 17.4 Å². The Balaban J connectivity index is 0.000000161. The monoisotopic (exact) mass is 1360 g/mol.